The molecule has 6 aliphatic heterocycles. The Morgan fingerprint density at radius 2 is 1.73 bits per heavy atom. The highest BCUT2D eigenvalue weighted by molar-refractivity contribution is 6.70. The lowest BCUT2D eigenvalue weighted by Gasteiger charge is -2.50. The van der Waals surface area contributed by atoms with E-state index < -0.39 is 8.56 Å². The predicted molar refractivity (Wildman–Crippen MR) is 168 cm³/mol. The van der Waals surface area contributed by atoms with Gasteiger partial charge < -0.3 is 18.3 Å². The molecule has 8 rings (SSSR count). The molecule has 1 aliphatic carbocycles. The summed E-state index contributed by atoms with van der Waals surface area (Å²) in [4.78, 5) is 3.03. The molecular formula is C36H54N2O2Si. The fourth-order valence-electron chi connectivity index (χ4n) is 12.1. The molecule has 41 heavy (non-hydrogen) atoms. The lowest BCUT2D eigenvalue weighted by atomic mass is 9.72. The summed E-state index contributed by atoms with van der Waals surface area (Å²) in [6.07, 6.45) is 15.7. The fraction of sp³-hybridized carbons (Fsp3) is 0.778. The summed E-state index contributed by atoms with van der Waals surface area (Å²) < 4.78 is 18.3. The van der Waals surface area contributed by atoms with Crippen LogP contribution in [0.25, 0.3) is 0 Å². The minimum Gasteiger partial charge on any atom is -0.390 e. The highest BCUT2D eigenvalue weighted by Crippen LogP contribution is 2.72. The van der Waals surface area contributed by atoms with Crippen molar-refractivity contribution in [1.29, 1.82) is 0 Å². The van der Waals surface area contributed by atoms with Gasteiger partial charge >= 0.3 is 8.56 Å². The molecule has 2 saturated heterocycles. The van der Waals surface area contributed by atoms with E-state index in [2.05, 4.69) is 70.9 Å². The van der Waals surface area contributed by atoms with Gasteiger partial charge in [-0.1, -0.05) is 54.5 Å². The minimum atomic E-state index is -2.50. The molecule has 1 aromatic heterocycles. The zero-order valence-corrected chi connectivity index (χ0v) is 28.1. The maximum atomic E-state index is 7.87. The Balaban J connectivity index is 1.44. The summed E-state index contributed by atoms with van der Waals surface area (Å²) in [6, 6.07) is 1.34. The molecule has 1 aromatic rings. The molecule has 0 N–H and O–H groups in total. The summed E-state index contributed by atoms with van der Waals surface area (Å²) in [5.74, 6) is 1.49. The third-order valence-corrected chi connectivity index (χ3v) is 17.8. The van der Waals surface area contributed by atoms with E-state index in [0.29, 0.717) is 34.9 Å². The van der Waals surface area contributed by atoms with Crippen molar-refractivity contribution in [3.63, 3.8) is 0 Å². The van der Waals surface area contributed by atoms with Crippen LogP contribution >= 0.6 is 0 Å². The van der Waals surface area contributed by atoms with Crippen molar-refractivity contribution in [2.45, 2.75) is 166 Å². The van der Waals surface area contributed by atoms with E-state index in [-0.39, 0.29) is 17.7 Å². The first-order valence-electron chi connectivity index (χ1n) is 17.6. The summed E-state index contributed by atoms with van der Waals surface area (Å²) >= 11 is 0. The van der Waals surface area contributed by atoms with Crippen LogP contribution in [0, 0.1) is 11.8 Å². The van der Waals surface area contributed by atoms with Gasteiger partial charge in [-0.3, -0.25) is 0 Å². The fourth-order valence-corrected chi connectivity index (χ4v) is 16.1. The van der Waals surface area contributed by atoms with E-state index in [1.165, 1.54) is 57.8 Å². The van der Waals surface area contributed by atoms with E-state index in [1.807, 2.05) is 0 Å². The number of hydrogen-bond donors (Lipinski definition) is 0. The Morgan fingerprint density at radius 1 is 0.951 bits per heavy atom. The van der Waals surface area contributed by atoms with Crippen molar-refractivity contribution in [3.05, 3.63) is 45.4 Å². The van der Waals surface area contributed by atoms with Gasteiger partial charge in [0.2, 0.25) is 0 Å². The Labute approximate surface area is 250 Å². The maximum absolute atomic E-state index is 7.87. The zero-order chi connectivity index (χ0) is 28.6. The molecule has 5 heteroatoms. The van der Waals surface area contributed by atoms with E-state index in [9.17, 15) is 0 Å². The molecule has 1 spiro atoms. The molecule has 7 aliphatic rings. The molecular weight excluding hydrogens is 520 g/mol. The van der Waals surface area contributed by atoms with Gasteiger partial charge in [-0.2, -0.15) is 0 Å². The van der Waals surface area contributed by atoms with Crippen LogP contribution < -0.4 is 0 Å². The number of nitrogens with zero attached hydrogens (tertiary/aromatic N) is 2. The van der Waals surface area contributed by atoms with Crippen molar-refractivity contribution in [1.82, 2.24) is 9.47 Å². The highest BCUT2D eigenvalue weighted by atomic mass is 28.4. The first kappa shape index (κ1) is 27.3. The van der Waals surface area contributed by atoms with Gasteiger partial charge in [0.1, 0.15) is 0 Å². The summed E-state index contributed by atoms with van der Waals surface area (Å²) in [5.41, 5.74) is 12.8. The van der Waals surface area contributed by atoms with Crippen molar-refractivity contribution in [2.24, 2.45) is 11.8 Å². The number of rotatable bonds is 5. The van der Waals surface area contributed by atoms with E-state index >= 15 is 0 Å². The Hall–Kier alpha value is -1.30. The lowest BCUT2D eigenvalue weighted by Crippen LogP contribution is -2.61. The first-order valence-corrected chi connectivity index (χ1v) is 19.5. The topological polar surface area (TPSA) is 26.6 Å². The Morgan fingerprint density at radius 3 is 2.44 bits per heavy atom. The van der Waals surface area contributed by atoms with Gasteiger partial charge in [0.05, 0.1) is 17.7 Å². The Bertz CT molecular complexity index is 1330. The zero-order valence-electron chi connectivity index (χ0n) is 27.1. The van der Waals surface area contributed by atoms with Crippen molar-refractivity contribution in [2.75, 3.05) is 0 Å². The second kappa shape index (κ2) is 9.11. The van der Waals surface area contributed by atoms with Gasteiger partial charge in [0, 0.05) is 41.0 Å². The van der Waals surface area contributed by atoms with Crippen LogP contribution in [0.4, 0.5) is 0 Å². The van der Waals surface area contributed by atoms with Gasteiger partial charge in [0.25, 0.3) is 0 Å². The largest absolute Gasteiger partial charge is 0.390 e. The monoisotopic (exact) mass is 574 g/mol. The van der Waals surface area contributed by atoms with Crippen LogP contribution in [0.5, 0.6) is 0 Å². The van der Waals surface area contributed by atoms with Gasteiger partial charge in [0.15, 0.2) is 0 Å². The standard InChI is InChI=1S/C36H54N2O2Si/c1-9-26-28-15-11-13-24-17-18-30(37(24)28)33(26)34-22(7)32-23(8)39-41(20(3)4,21(5)6)40-31-19-25-14-12-16-29-27(10-2)35(32)36(31,34)38(25)29/h16,20-25,31-32,34H,9-15,17-19H2,1-8H3/t22-,23+,24-,25-,31+,32-,34-,36?/m1/s1. The molecule has 224 valence electrons. The molecule has 7 heterocycles. The minimum absolute atomic E-state index is 0.0393. The molecule has 1 saturated carbocycles. The highest BCUT2D eigenvalue weighted by Gasteiger charge is 2.75. The average Bonchev–Trinajstić information content (AvgIpc) is 3.70. The van der Waals surface area contributed by atoms with Crippen LogP contribution in [-0.4, -0.2) is 41.8 Å². The second-order valence-electron chi connectivity index (χ2n) is 15.4. The van der Waals surface area contributed by atoms with Crippen LogP contribution in [0.1, 0.15) is 135 Å². The van der Waals surface area contributed by atoms with E-state index in [4.69, 9.17) is 8.85 Å². The number of aromatic nitrogens is 1. The number of allylic oxidation sites excluding steroid dienone is 2. The number of hydrogen-bond acceptors (Lipinski definition) is 3. The SMILES string of the molecule is CCC1=C2[C@@H]3[C@@H](C)[C@H](c4c(CC)c5n6c4CC[C@H]6CCC5)C24[C@H](C[C@H]2CCC=C1N24)O[Si](C(C)C)(C(C)C)O[C@H]3C. The first-order chi connectivity index (χ1) is 19.7. The summed E-state index contributed by atoms with van der Waals surface area (Å²) in [5, 5.41) is 0. The summed E-state index contributed by atoms with van der Waals surface area (Å²) in [6.45, 7) is 19.5. The van der Waals surface area contributed by atoms with Crippen molar-refractivity contribution >= 4 is 8.56 Å². The molecule has 0 aromatic carbocycles. The van der Waals surface area contributed by atoms with E-state index in [0.717, 1.165) is 12.5 Å². The van der Waals surface area contributed by atoms with Gasteiger partial charge in [-0.25, -0.2) is 0 Å². The molecule has 4 nitrogen and oxygen atoms in total. The normalized spacial score (nSPS) is 39.9. The molecule has 0 amide bonds. The predicted octanol–water partition coefficient (Wildman–Crippen LogP) is 8.50. The second-order valence-corrected chi connectivity index (χ2v) is 19.6. The Kier molecular flexibility index (Phi) is 6.06. The van der Waals surface area contributed by atoms with E-state index in [1.54, 1.807) is 39.4 Å². The smallest absolute Gasteiger partial charge is 0.344 e. The quantitative estimate of drug-likeness (QED) is 0.330. The van der Waals surface area contributed by atoms with Crippen molar-refractivity contribution in [3.8, 4) is 0 Å². The van der Waals surface area contributed by atoms with Gasteiger partial charge in [-0.05, 0) is 110 Å². The van der Waals surface area contributed by atoms with Gasteiger partial charge in [-0.15, -0.1) is 0 Å². The average molecular weight is 575 g/mol. The molecule has 2 bridgehead atoms. The van der Waals surface area contributed by atoms with Crippen LogP contribution in [-0.2, 0) is 28.1 Å². The molecule has 1 unspecified atom stereocenters. The van der Waals surface area contributed by atoms with Crippen LogP contribution in [0.15, 0.2) is 22.9 Å². The third-order valence-electron chi connectivity index (χ3n) is 13.2. The molecule has 3 fully saturated rings. The maximum Gasteiger partial charge on any atom is 0.344 e. The summed E-state index contributed by atoms with van der Waals surface area (Å²) in [7, 11) is -2.50. The molecule has 8 atom stereocenters. The van der Waals surface area contributed by atoms with Crippen LogP contribution in [0.3, 0.4) is 0 Å². The lowest BCUT2D eigenvalue weighted by molar-refractivity contribution is 0.0112. The molecule has 0 radical (unpaired) electrons. The van der Waals surface area contributed by atoms with Crippen LogP contribution in [0.2, 0.25) is 11.1 Å². The third kappa shape index (κ3) is 3.10. The van der Waals surface area contributed by atoms with Crippen molar-refractivity contribution < 1.29 is 8.85 Å².